The summed E-state index contributed by atoms with van der Waals surface area (Å²) in [4.78, 5) is 16.8. The molecule has 7 nitrogen and oxygen atoms in total. The van der Waals surface area contributed by atoms with Crippen molar-refractivity contribution in [1.82, 2.24) is 9.71 Å². The maximum absolute atomic E-state index is 12.8. The van der Waals surface area contributed by atoms with Crippen LogP contribution in [0.25, 0.3) is 11.1 Å². The minimum Gasteiger partial charge on any atom is -0.441 e. The Kier molecular flexibility index (Phi) is 5.77. The number of aromatic nitrogens is 1. The Bertz CT molecular complexity index is 1370. The lowest BCUT2D eigenvalue weighted by Gasteiger charge is -2.11. The van der Waals surface area contributed by atoms with Crippen LogP contribution in [0.1, 0.15) is 21.8 Å². The van der Waals surface area contributed by atoms with Crippen molar-refractivity contribution in [2.75, 3.05) is 5.32 Å². The van der Waals surface area contributed by atoms with Crippen molar-refractivity contribution in [3.8, 4) is 0 Å². The summed E-state index contributed by atoms with van der Waals surface area (Å²) < 4.78 is 33.5. The molecule has 0 saturated carbocycles. The molecule has 0 unspecified atom stereocenters. The number of rotatable bonds is 6. The fraction of sp³-hybridized carbons (Fsp3) is 0.0909. The lowest BCUT2D eigenvalue weighted by molar-refractivity contribution is 0.102. The van der Waals surface area contributed by atoms with Gasteiger partial charge in [0, 0.05) is 24.7 Å². The van der Waals surface area contributed by atoms with Crippen molar-refractivity contribution in [2.45, 2.75) is 18.4 Å². The van der Waals surface area contributed by atoms with E-state index in [9.17, 15) is 13.2 Å². The Balaban J connectivity index is 1.55. The smallest absolute Gasteiger partial charge is 0.255 e. The zero-order valence-electron chi connectivity index (χ0n) is 16.4. The highest BCUT2D eigenvalue weighted by Crippen LogP contribution is 2.24. The normalized spacial score (nSPS) is 11.5. The second-order valence-corrected chi connectivity index (χ2v) is 8.97. The summed E-state index contributed by atoms with van der Waals surface area (Å²) in [6, 6.07) is 18.3. The molecule has 1 amide bonds. The summed E-state index contributed by atoms with van der Waals surface area (Å²) in [5.74, 6) is 0.0461. The number of fused-ring (bicyclic) bond motifs is 1. The third-order valence-electron chi connectivity index (χ3n) is 4.54. The Morgan fingerprint density at radius 1 is 1.06 bits per heavy atom. The van der Waals surface area contributed by atoms with Crippen LogP contribution in [-0.2, 0) is 16.6 Å². The monoisotopic (exact) mass is 455 g/mol. The Labute approximate surface area is 184 Å². The second-order valence-electron chi connectivity index (χ2n) is 6.82. The van der Waals surface area contributed by atoms with Crippen molar-refractivity contribution < 1.29 is 17.6 Å². The number of oxazole rings is 1. The molecule has 31 heavy (non-hydrogen) atoms. The van der Waals surface area contributed by atoms with Gasteiger partial charge in [0.1, 0.15) is 10.4 Å². The zero-order valence-corrected chi connectivity index (χ0v) is 18.0. The molecule has 4 aromatic rings. The quantitative estimate of drug-likeness (QED) is 0.445. The number of carbonyl (C=O) groups excluding carboxylic acids is 1. The van der Waals surface area contributed by atoms with Gasteiger partial charge in [-0.15, -0.1) is 0 Å². The fourth-order valence-electron chi connectivity index (χ4n) is 3.03. The molecule has 158 valence electrons. The molecule has 1 heterocycles. The third kappa shape index (κ3) is 4.77. The number of carbonyl (C=O) groups is 1. The zero-order chi connectivity index (χ0) is 22.0. The number of benzene rings is 3. The number of aryl methyl sites for hydroxylation is 1. The molecule has 0 bridgehead atoms. The molecule has 3 aromatic carbocycles. The number of amides is 1. The standard InChI is InChI=1S/C22H18ClN3O4S/c1-14-25-19-12-17(8-10-20(19)30-14)26-22(27)16-7-9-18(23)21(11-16)31(28,29)24-13-15-5-3-2-4-6-15/h2-12,24H,13H2,1H3,(H,26,27). The summed E-state index contributed by atoms with van der Waals surface area (Å²) in [6.45, 7) is 1.84. The van der Waals surface area contributed by atoms with Crippen LogP contribution in [0, 0.1) is 6.92 Å². The van der Waals surface area contributed by atoms with Gasteiger partial charge in [0.25, 0.3) is 5.91 Å². The highest BCUT2D eigenvalue weighted by molar-refractivity contribution is 7.89. The molecular weight excluding hydrogens is 438 g/mol. The maximum atomic E-state index is 12.8. The minimum absolute atomic E-state index is 0.0246. The highest BCUT2D eigenvalue weighted by atomic mass is 35.5. The van der Waals surface area contributed by atoms with Gasteiger partial charge in [-0.25, -0.2) is 18.1 Å². The average Bonchev–Trinajstić information content (AvgIpc) is 3.12. The van der Waals surface area contributed by atoms with Crippen LogP contribution in [0.15, 0.2) is 76.0 Å². The molecule has 0 fully saturated rings. The Morgan fingerprint density at radius 3 is 2.61 bits per heavy atom. The van der Waals surface area contributed by atoms with Crippen LogP contribution in [0.2, 0.25) is 5.02 Å². The molecule has 4 rings (SSSR count). The molecule has 0 aliphatic rings. The van der Waals surface area contributed by atoms with E-state index < -0.39 is 15.9 Å². The lowest BCUT2D eigenvalue weighted by atomic mass is 10.2. The molecule has 0 radical (unpaired) electrons. The first-order valence-corrected chi connectivity index (χ1v) is 11.2. The second kappa shape index (κ2) is 8.50. The van der Waals surface area contributed by atoms with Crippen molar-refractivity contribution in [2.24, 2.45) is 0 Å². The highest BCUT2D eigenvalue weighted by Gasteiger charge is 2.20. The fourth-order valence-corrected chi connectivity index (χ4v) is 4.57. The van der Waals surface area contributed by atoms with Gasteiger partial charge in [-0.05, 0) is 42.0 Å². The van der Waals surface area contributed by atoms with Gasteiger partial charge in [0.05, 0.1) is 5.02 Å². The van der Waals surface area contributed by atoms with E-state index >= 15 is 0 Å². The van der Waals surface area contributed by atoms with Gasteiger partial charge in [-0.2, -0.15) is 0 Å². The summed E-state index contributed by atoms with van der Waals surface area (Å²) in [7, 11) is -3.93. The van der Waals surface area contributed by atoms with Gasteiger partial charge in [-0.1, -0.05) is 41.9 Å². The first kappa shape index (κ1) is 21.0. The van der Waals surface area contributed by atoms with E-state index in [0.29, 0.717) is 22.7 Å². The molecule has 9 heteroatoms. The molecule has 0 saturated heterocycles. The van der Waals surface area contributed by atoms with E-state index in [1.807, 2.05) is 18.2 Å². The van der Waals surface area contributed by atoms with E-state index in [4.69, 9.17) is 16.0 Å². The third-order valence-corrected chi connectivity index (χ3v) is 6.43. The van der Waals surface area contributed by atoms with Gasteiger partial charge >= 0.3 is 0 Å². The van der Waals surface area contributed by atoms with Crippen LogP contribution in [-0.4, -0.2) is 19.3 Å². The Hall–Kier alpha value is -3.20. The van der Waals surface area contributed by atoms with Crippen molar-refractivity contribution in [3.05, 3.63) is 88.8 Å². The van der Waals surface area contributed by atoms with E-state index in [1.165, 1.54) is 18.2 Å². The van der Waals surface area contributed by atoms with Gasteiger partial charge < -0.3 is 9.73 Å². The predicted molar refractivity (Wildman–Crippen MR) is 119 cm³/mol. The summed E-state index contributed by atoms with van der Waals surface area (Å²) >= 11 is 6.13. The number of nitrogens with zero attached hydrogens (tertiary/aromatic N) is 1. The number of hydrogen-bond donors (Lipinski definition) is 2. The van der Waals surface area contributed by atoms with Crippen LogP contribution in [0.3, 0.4) is 0 Å². The largest absolute Gasteiger partial charge is 0.441 e. The molecule has 0 aliphatic carbocycles. The minimum atomic E-state index is -3.93. The van der Waals surface area contributed by atoms with E-state index in [1.54, 1.807) is 37.3 Å². The Morgan fingerprint density at radius 2 is 1.84 bits per heavy atom. The summed E-state index contributed by atoms with van der Waals surface area (Å²) in [5, 5.41) is 2.76. The number of nitrogens with one attached hydrogen (secondary N) is 2. The van der Waals surface area contributed by atoms with Crippen LogP contribution in [0.4, 0.5) is 5.69 Å². The molecular formula is C22H18ClN3O4S. The van der Waals surface area contributed by atoms with E-state index in [0.717, 1.165) is 5.56 Å². The van der Waals surface area contributed by atoms with Crippen molar-refractivity contribution in [3.63, 3.8) is 0 Å². The van der Waals surface area contributed by atoms with Gasteiger partial charge in [-0.3, -0.25) is 4.79 Å². The van der Waals surface area contributed by atoms with Crippen LogP contribution in [0.5, 0.6) is 0 Å². The number of halogens is 1. The first-order valence-electron chi connectivity index (χ1n) is 9.33. The molecule has 1 aromatic heterocycles. The van der Waals surface area contributed by atoms with Crippen LogP contribution < -0.4 is 10.0 Å². The van der Waals surface area contributed by atoms with Gasteiger partial charge in [0.15, 0.2) is 11.5 Å². The maximum Gasteiger partial charge on any atom is 0.255 e. The van der Waals surface area contributed by atoms with E-state index in [-0.39, 0.29) is 22.0 Å². The average molecular weight is 456 g/mol. The predicted octanol–water partition coefficient (Wildman–Crippen LogP) is 4.52. The molecule has 0 aliphatic heterocycles. The number of anilines is 1. The van der Waals surface area contributed by atoms with Crippen molar-refractivity contribution in [1.29, 1.82) is 0 Å². The topological polar surface area (TPSA) is 101 Å². The number of hydrogen-bond acceptors (Lipinski definition) is 5. The lowest BCUT2D eigenvalue weighted by Crippen LogP contribution is -2.24. The summed E-state index contributed by atoms with van der Waals surface area (Å²) in [6.07, 6.45) is 0. The summed E-state index contributed by atoms with van der Waals surface area (Å²) in [5.41, 5.74) is 2.68. The molecule has 2 N–H and O–H groups in total. The van der Waals surface area contributed by atoms with Gasteiger partial charge in [0.2, 0.25) is 10.0 Å². The number of sulfonamides is 1. The molecule has 0 spiro atoms. The first-order chi connectivity index (χ1) is 14.8. The molecule has 0 atom stereocenters. The van der Waals surface area contributed by atoms with Crippen LogP contribution >= 0.6 is 11.6 Å². The van der Waals surface area contributed by atoms with E-state index in [2.05, 4.69) is 15.0 Å². The SMILES string of the molecule is Cc1nc2cc(NC(=O)c3ccc(Cl)c(S(=O)(=O)NCc4ccccc4)c3)ccc2o1. The van der Waals surface area contributed by atoms with Crippen molar-refractivity contribution >= 4 is 44.3 Å².